The Bertz CT molecular complexity index is 673. The molecule has 0 spiro atoms. The zero-order chi connectivity index (χ0) is 18.4. The molecular weight excluding hydrogens is 340 g/mol. The van der Waals surface area contributed by atoms with Crippen LogP contribution in [0.5, 0.6) is 0 Å². The summed E-state index contributed by atoms with van der Waals surface area (Å²) in [6, 6.07) is 9.26. The van der Waals surface area contributed by atoms with Gasteiger partial charge in [0.05, 0.1) is 23.5 Å². The molecule has 0 unspecified atom stereocenters. The first-order chi connectivity index (χ1) is 11.9. The van der Waals surface area contributed by atoms with E-state index in [1.807, 2.05) is 44.2 Å². The van der Waals surface area contributed by atoms with E-state index in [9.17, 15) is 14.4 Å². The number of carbonyl (C=O) groups is 3. The molecule has 1 heterocycles. The quantitative estimate of drug-likeness (QED) is 0.574. The number of benzene rings is 1. The fraction of sp³-hybridized carbons (Fsp3) is 0.389. The Labute approximate surface area is 151 Å². The third-order valence-electron chi connectivity index (χ3n) is 3.55. The summed E-state index contributed by atoms with van der Waals surface area (Å²) in [5.41, 5.74) is 0.776. The molecule has 134 valence electrons. The molecule has 0 radical (unpaired) electrons. The highest BCUT2D eigenvalue weighted by Crippen LogP contribution is 2.29. The van der Waals surface area contributed by atoms with Crippen molar-refractivity contribution in [3.63, 3.8) is 0 Å². The van der Waals surface area contributed by atoms with Gasteiger partial charge in [0.25, 0.3) is 0 Å². The van der Waals surface area contributed by atoms with Crippen LogP contribution in [0.3, 0.4) is 0 Å². The SMILES string of the molecule is CCOC(=O)/C=C1\SCC(=O)N1CC(=O)N(c1ccccc1)C(C)C. The summed E-state index contributed by atoms with van der Waals surface area (Å²) in [5.74, 6) is -0.690. The Morgan fingerprint density at radius 3 is 2.60 bits per heavy atom. The third kappa shape index (κ3) is 4.85. The normalized spacial score (nSPS) is 15.8. The van der Waals surface area contributed by atoms with Gasteiger partial charge in [-0.2, -0.15) is 0 Å². The lowest BCUT2D eigenvalue weighted by Crippen LogP contribution is -2.44. The van der Waals surface area contributed by atoms with Crippen molar-refractivity contribution >= 4 is 35.2 Å². The number of para-hydroxylation sites is 1. The maximum Gasteiger partial charge on any atom is 0.333 e. The summed E-state index contributed by atoms with van der Waals surface area (Å²) < 4.78 is 4.89. The number of thioether (sulfide) groups is 1. The molecule has 25 heavy (non-hydrogen) atoms. The zero-order valence-corrected chi connectivity index (χ0v) is 15.4. The molecule has 1 aromatic rings. The summed E-state index contributed by atoms with van der Waals surface area (Å²) in [6.45, 7) is 5.70. The van der Waals surface area contributed by atoms with Gasteiger partial charge in [0.1, 0.15) is 6.54 Å². The standard InChI is InChI=1S/C18H22N2O4S/c1-4-24-18(23)10-17-19(16(22)12-25-17)11-15(21)20(13(2)3)14-8-6-5-7-9-14/h5-10,13H,4,11-12H2,1-3H3/b17-10-. The second-order valence-electron chi connectivity index (χ2n) is 5.70. The minimum absolute atomic E-state index is 0.0576. The van der Waals surface area contributed by atoms with E-state index in [-0.39, 0.29) is 36.8 Å². The van der Waals surface area contributed by atoms with E-state index in [0.717, 1.165) is 5.69 Å². The number of carbonyl (C=O) groups excluding carboxylic acids is 3. The van der Waals surface area contributed by atoms with Crippen molar-refractivity contribution in [3.05, 3.63) is 41.4 Å². The highest BCUT2D eigenvalue weighted by atomic mass is 32.2. The molecule has 1 fully saturated rings. The molecule has 1 saturated heterocycles. The van der Waals surface area contributed by atoms with Crippen LogP contribution < -0.4 is 4.90 Å². The van der Waals surface area contributed by atoms with Crippen LogP contribution in [0.25, 0.3) is 0 Å². The Kier molecular flexibility index (Phi) is 6.64. The number of hydrogen-bond acceptors (Lipinski definition) is 5. The Morgan fingerprint density at radius 2 is 2.00 bits per heavy atom. The molecule has 2 rings (SSSR count). The van der Waals surface area contributed by atoms with Gasteiger partial charge >= 0.3 is 5.97 Å². The van der Waals surface area contributed by atoms with Gasteiger partial charge in [-0.05, 0) is 32.9 Å². The lowest BCUT2D eigenvalue weighted by atomic mass is 10.2. The number of hydrogen-bond donors (Lipinski definition) is 0. The minimum Gasteiger partial charge on any atom is -0.463 e. The smallest absolute Gasteiger partial charge is 0.333 e. The van der Waals surface area contributed by atoms with E-state index < -0.39 is 5.97 Å². The Balaban J connectivity index is 2.18. The molecule has 0 atom stereocenters. The van der Waals surface area contributed by atoms with Gasteiger partial charge in [-0.25, -0.2) is 4.79 Å². The average molecular weight is 362 g/mol. The zero-order valence-electron chi connectivity index (χ0n) is 14.6. The maximum absolute atomic E-state index is 12.8. The van der Waals surface area contributed by atoms with Crippen LogP contribution in [0.4, 0.5) is 5.69 Å². The number of ether oxygens (including phenoxy) is 1. The lowest BCUT2D eigenvalue weighted by Gasteiger charge is -2.29. The first-order valence-electron chi connectivity index (χ1n) is 8.12. The van der Waals surface area contributed by atoms with Gasteiger partial charge in [-0.1, -0.05) is 30.0 Å². The summed E-state index contributed by atoms with van der Waals surface area (Å²) in [4.78, 5) is 39.6. The predicted molar refractivity (Wildman–Crippen MR) is 98.0 cm³/mol. The second kappa shape index (κ2) is 8.71. The molecule has 0 saturated carbocycles. The van der Waals surface area contributed by atoms with Crippen molar-refractivity contribution in [1.29, 1.82) is 0 Å². The Hall–Kier alpha value is -2.28. The molecule has 1 aliphatic rings. The van der Waals surface area contributed by atoms with Gasteiger partial charge < -0.3 is 9.64 Å². The van der Waals surface area contributed by atoms with Crippen LogP contribution in [0, 0.1) is 0 Å². The number of esters is 1. The van der Waals surface area contributed by atoms with E-state index in [0.29, 0.717) is 5.03 Å². The highest BCUT2D eigenvalue weighted by Gasteiger charge is 2.31. The van der Waals surface area contributed by atoms with Crippen molar-refractivity contribution in [1.82, 2.24) is 4.90 Å². The molecule has 7 heteroatoms. The highest BCUT2D eigenvalue weighted by molar-refractivity contribution is 8.04. The monoisotopic (exact) mass is 362 g/mol. The minimum atomic E-state index is -0.513. The molecule has 1 aromatic carbocycles. The van der Waals surface area contributed by atoms with Crippen molar-refractivity contribution in [3.8, 4) is 0 Å². The van der Waals surface area contributed by atoms with Gasteiger partial charge in [0.15, 0.2) is 0 Å². The maximum atomic E-state index is 12.8. The van der Waals surface area contributed by atoms with Crippen molar-refractivity contribution < 1.29 is 19.1 Å². The first-order valence-corrected chi connectivity index (χ1v) is 9.11. The number of nitrogens with zero attached hydrogens (tertiary/aromatic N) is 2. The predicted octanol–water partition coefficient (Wildman–Crippen LogP) is 2.41. The van der Waals surface area contributed by atoms with Gasteiger partial charge in [-0.15, -0.1) is 0 Å². The summed E-state index contributed by atoms with van der Waals surface area (Å²) in [5, 5.41) is 0.452. The molecule has 2 amide bonds. The van der Waals surface area contributed by atoms with Crippen molar-refractivity contribution in [2.45, 2.75) is 26.8 Å². The van der Waals surface area contributed by atoms with Crippen LogP contribution in [-0.4, -0.2) is 47.6 Å². The van der Waals surface area contributed by atoms with Gasteiger partial charge in [0, 0.05) is 11.7 Å². The number of amides is 2. The number of anilines is 1. The van der Waals surface area contributed by atoms with E-state index in [2.05, 4.69) is 0 Å². The van der Waals surface area contributed by atoms with E-state index in [1.54, 1.807) is 11.8 Å². The molecule has 0 bridgehead atoms. The van der Waals surface area contributed by atoms with Gasteiger partial charge in [0.2, 0.25) is 11.8 Å². The molecule has 0 aliphatic carbocycles. The summed E-state index contributed by atoms with van der Waals surface area (Å²) in [7, 11) is 0. The van der Waals surface area contributed by atoms with Gasteiger partial charge in [-0.3, -0.25) is 14.5 Å². The molecular formula is C18H22N2O4S. The Morgan fingerprint density at radius 1 is 1.32 bits per heavy atom. The lowest BCUT2D eigenvalue weighted by molar-refractivity contribution is -0.137. The fourth-order valence-corrected chi connectivity index (χ4v) is 3.44. The van der Waals surface area contributed by atoms with E-state index in [4.69, 9.17) is 4.74 Å². The third-order valence-corrected chi connectivity index (χ3v) is 4.58. The second-order valence-corrected chi connectivity index (χ2v) is 6.69. The summed E-state index contributed by atoms with van der Waals surface area (Å²) >= 11 is 1.24. The van der Waals surface area contributed by atoms with Crippen LogP contribution in [0.15, 0.2) is 41.4 Å². The van der Waals surface area contributed by atoms with Crippen LogP contribution in [-0.2, 0) is 19.1 Å². The molecule has 0 aromatic heterocycles. The fourth-order valence-electron chi connectivity index (χ4n) is 2.51. The first kappa shape index (κ1) is 19.1. The molecule has 6 nitrogen and oxygen atoms in total. The van der Waals surface area contributed by atoms with Crippen molar-refractivity contribution in [2.24, 2.45) is 0 Å². The van der Waals surface area contributed by atoms with E-state index >= 15 is 0 Å². The van der Waals surface area contributed by atoms with Crippen LogP contribution in [0.2, 0.25) is 0 Å². The van der Waals surface area contributed by atoms with E-state index in [1.165, 1.54) is 22.7 Å². The molecule has 1 aliphatic heterocycles. The number of rotatable bonds is 6. The van der Waals surface area contributed by atoms with Crippen LogP contribution in [0.1, 0.15) is 20.8 Å². The topological polar surface area (TPSA) is 66.9 Å². The van der Waals surface area contributed by atoms with Crippen LogP contribution >= 0.6 is 11.8 Å². The largest absolute Gasteiger partial charge is 0.463 e. The van der Waals surface area contributed by atoms with Crippen molar-refractivity contribution in [2.75, 3.05) is 23.8 Å². The molecule has 0 N–H and O–H groups in total. The average Bonchev–Trinajstić information content (AvgIpc) is 2.89. The summed E-state index contributed by atoms with van der Waals surface area (Å²) in [6.07, 6.45) is 1.27.